The van der Waals surface area contributed by atoms with Gasteiger partial charge in [0.1, 0.15) is 17.5 Å². The first-order chi connectivity index (χ1) is 29.3. The predicted octanol–water partition coefficient (Wildman–Crippen LogP) is 8.36. The van der Waals surface area contributed by atoms with Crippen LogP contribution < -0.4 is 0 Å². The lowest BCUT2D eigenvalue weighted by atomic mass is 9.79. The van der Waals surface area contributed by atoms with Crippen molar-refractivity contribution in [2.75, 3.05) is 13.7 Å². The third-order valence-electron chi connectivity index (χ3n) is 11.1. The van der Waals surface area contributed by atoms with Crippen molar-refractivity contribution in [3.05, 3.63) is 104 Å². The number of carbonyl (C=O) groups is 3. The Hall–Kier alpha value is -7.01. The van der Waals surface area contributed by atoms with Crippen LogP contribution in [0.5, 0.6) is 0 Å². The number of non-ortho nitro benzene ring substituents is 2. The van der Waals surface area contributed by atoms with Crippen molar-refractivity contribution in [3.63, 3.8) is 0 Å². The molecule has 316 valence electrons. The molecular formula is C44H44N6O11. The molecule has 0 radical (unpaired) electrons. The fraction of sp³-hybridized carbons (Fsp3) is 0.341. The summed E-state index contributed by atoms with van der Waals surface area (Å²) < 4.78 is 14.7. The van der Waals surface area contributed by atoms with Gasteiger partial charge in [-0.3, -0.25) is 25.0 Å². The minimum absolute atomic E-state index is 0.0368. The average Bonchev–Trinajstić information content (AvgIpc) is 3.74. The lowest BCUT2D eigenvalue weighted by Gasteiger charge is -2.28. The first-order valence-corrected chi connectivity index (χ1v) is 20.0. The molecule has 3 atom stereocenters. The summed E-state index contributed by atoms with van der Waals surface area (Å²) in [7, 11) is 1.50. The molecular weight excluding hydrogens is 789 g/mol. The monoisotopic (exact) mass is 832 g/mol. The second kappa shape index (κ2) is 17.7. The number of aryl methyl sites for hydroxylation is 2. The molecule has 1 fully saturated rings. The highest BCUT2D eigenvalue weighted by Crippen LogP contribution is 2.36. The number of hydrogen-bond acceptors (Lipinski definition) is 13. The maximum atomic E-state index is 14.0. The zero-order valence-electron chi connectivity index (χ0n) is 34.3. The topological polar surface area (TPSA) is 209 Å². The van der Waals surface area contributed by atoms with Gasteiger partial charge in [0, 0.05) is 106 Å². The van der Waals surface area contributed by atoms with E-state index in [1.807, 2.05) is 35.1 Å². The van der Waals surface area contributed by atoms with Gasteiger partial charge in [0.25, 0.3) is 11.4 Å². The molecule has 0 bridgehead atoms. The minimum Gasteiger partial charge on any atom is -0.460 e. The van der Waals surface area contributed by atoms with Crippen molar-refractivity contribution < 1.29 is 43.4 Å². The number of carbonyl (C=O) groups excluding carboxylic acids is 3. The Labute approximate surface area is 348 Å². The van der Waals surface area contributed by atoms with Crippen molar-refractivity contribution in [3.8, 4) is 0 Å². The number of ether oxygens (including phenoxy) is 2. The van der Waals surface area contributed by atoms with Gasteiger partial charge in [0.15, 0.2) is 0 Å². The average molecular weight is 833 g/mol. The van der Waals surface area contributed by atoms with E-state index in [4.69, 9.17) is 19.1 Å². The first kappa shape index (κ1) is 42.1. The summed E-state index contributed by atoms with van der Waals surface area (Å²) in [4.78, 5) is 73.6. The number of oxime groups is 2. The second-order valence-electron chi connectivity index (χ2n) is 14.9. The second-order valence-corrected chi connectivity index (χ2v) is 14.9. The van der Waals surface area contributed by atoms with Crippen LogP contribution in [-0.2, 0) is 46.6 Å². The highest BCUT2D eigenvalue weighted by atomic mass is 16.7. The molecule has 1 aliphatic carbocycles. The van der Waals surface area contributed by atoms with Crippen LogP contribution in [0.1, 0.15) is 64.5 Å². The molecule has 2 heterocycles. The molecule has 0 saturated heterocycles. The third-order valence-corrected chi connectivity index (χ3v) is 11.1. The number of nitrogens with zero attached hydrogens (tertiary/aromatic N) is 6. The summed E-state index contributed by atoms with van der Waals surface area (Å²) in [6, 6.07) is 19.8. The lowest BCUT2D eigenvalue weighted by molar-refractivity contribution is -0.384. The fourth-order valence-electron chi connectivity index (χ4n) is 8.37. The van der Waals surface area contributed by atoms with Gasteiger partial charge in [0.05, 0.1) is 28.3 Å². The molecule has 3 unspecified atom stereocenters. The number of nitro benzene ring substituents is 2. The van der Waals surface area contributed by atoms with Gasteiger partial charge in [-0.15, -0.1) is 0 Å². The Kier molecular flexibility index (Phi) is 12.2. The summed E-state index contributed by atoms with van der Waals surface area (Å²) in [6.45, 7) is 8.07. The smallest absolute Gasteiger partial charge is 0.338 e. The Morgan fingerprint density at radius 2 is 1.11 bits per heavy atom. The zero-order chi connectivity index (χ0) is 43.5. The molecule has 17 heteroatoms. The van der Waals surface area contributed by atoms with E-state index in [0.29, 0.717) is 71.4 Å². The van der Waals surface area contributed by atoms with Crippen LogP contribution in [0, 0.1) is 32.1 Å². The standard InChI is InChI=1S/C44H44N6O11/c1-6-47-37-16-12-27(20-33(37)35-22-29(49(54)55)14-18-39(35)47)41(45-60-26(4)51)42(46-61-44(53)32-11-9-8-10-31(32)43(52)59-25(3)24-58-5)28-13-17-38-34(21-28)36-23-30(50(56)57)15-19-40(36)48(38)7-2/h12-23,25,31-32H,6-11,24H2,1-5H3/b45-41+,46-42+. The molecule has 4 aromatic carbocycles. The molecule has 0 amide bonds. The largest absolute Gasteiger partial charge is 0.460 e. The number of rotatable bonds is 14. The minimum atomic E-state index is -0.882. The molecule has 2 aromatic heterocycles. The predicted molar refractivity (Wildman–Crippen MR) is 227 cm³/mol. The normalized spacial score (nSPS) is 16.5. The molecule has 61 heavy (non-hydrogen) atoms. The molecule has 6 aromatic rings. The maximum absolute atomic E-state index is 14.0. The van der Waals surface area contributed by atoms with Crippen LogP contribution in [0.3, 0.4) is 0 Å². The summed E-state index contributed by atoms with van der Waals surface area (Å²) >= 11 is 0. The number of hydrogen-bond donors (Lipinski definition) is 0. The highest BCUT2D eigenvalue weighted by Gasteiger charge is 2.39. The van der Waals surface area contributed by atoms with Crippen LogP contribution in [-0.4, -0.2) is 68.1 Å². The Morgan fingerprint density at radius 3 is 1.54 bits per heavy atom. The van der Waals surface area contributed by atoms with Crippen molar-refractivity contribution in [2.24, 2.45) is 22.1 Å². The van der Waals surface area contributed by atoms with Crippen LogP contribution in [0.25, 0.3) is 43.6 Å². The van der Waals surface area contributed by atoms with E-state index in [1.165, 1.54) is 38.3 Å². The number of esters is 1. The van der Waals surface area contributed by atoms with Gasteiger partial charge < -0.3 is 28.3 Å². The van der Waals surface area contributed by atoms with E-state index < -0.39 is 45.7 Å². The molecule has 0 spiro atoms. The summed E-state index contributed by atoms with van der Waals surface area (Å²) in [5, 5.41) is 34.9. The SMILES string of the molecule is CCn1c2ccc(C(=N\OC(C)=O)/C(=N/OC(=O)C3CCCCC3C(=O)OC(C)COC)c3ccc4c(c3)c3cc([N+](=O)[O-])ccc3n4CC)cc2c2cc([N+](=O)[O-])ccc21. The number of methoxy groups -OCH3 is 1. The third kappa shape index (κ3) is 8.28. The number of aromatic nitrogens is 2. The van der Waals surface area contributed by atoms with Gasteiger partial charge in [-0.2, -0.15) is 0 Å². The molecule has 0 N–H and O–H groups in total. The number of fused-ring (bicyclic) bond motifs is 6. The molecule has 17 nitrogen and oxygen atoms in total. The molecule has 1 saturated carbocycles. The van der Waals surface area contributed by atoms with Gasteiger partial charge in [-0.25, -0.2) is 9.59 Å². The zero-order valence-corrected chi connectivity index (χ0v) is 34.3. The Balaban J connectivity index is 1.42. The van der Waals surface area contributed by atoms with Crippen LogP contribution in [0.2, 0.25) is 0 Å². The molecule has 1 aliphatic rings. The number of nitro groups is 2. The lowest BCUT2D eigenvalue weighted by Crippen LogP contribution is -2.36. The van der Waals surface area contributed by atoms with E-state index in [2.05, 4.69) is 10.3 Å². The molecule has 7 rings (SSSR count). The van der Waals surface area contributed by atoms with Crippen molar-refractivity contribution in [1.82, 2.24) is 9.13 Å². The highest BCUT2D eigenvalue weighted by molar-refractivity contribution is 6.54. The number of benzene rings is 4. The van der Waals surface area contributed by atoms with Gasteiger partial charge in [-0.05, 0) is 70.0 Å². The van der Waals surface area contributed by atoms with E-state index >= 15 is 0 Å². The van der Waals surface area contributed by atoms with E-state index in [0.717, 1.165) is 22.1 Å². The maximum Gasteiger partial charge on any atom is 0.338 e. The van der Waals surface area contributed by atoms with Crippen LogP contribution in [0.15, 0.2) is 83.1 Å². The van der Waals surface area contributed by atoms with Gasteiger partial charge in [-0.1, -0.05) is 35.3 Å². The van der Waals surface area contributed by atoms with E-state index in [9.17, 15) is 34.6 Å². The summed E-state index contributed by atoms with van der Waals surface area (Å²) in [5.74, 6) is -3.75. The van der Waals surface area contributed by atoms with Crippen molar-refractivity contribution in [1.29, 1.82) is 0 Å². The van der Waals surface area contributed by atoms with Crippen LogP contribution >= 0.6 is 0 Å². The van der Waals surface area contributed by atoms with Gasteiger partial charge in [0.2, 0.25) is 0 Å². The first-order valence-electron chi connectivity index (χ1n) is 20.0. The fourth-order valence-corrected chi connectivity index (χ4v) is 8.37. The van der Waals surface area contributed by atoms with Crippen molar-refractivity contribution in [2.45, 2.75) is 72.6 Å². The Bertz CT molecular complexity index is 2800. The van der Waals surface area contributed by atoms with E-state index in [1.54, 1.807) is 43.3 Å². The summed E-state index contributed by atoms with van der Waals surface area (Å²) in [6.07, 6.45) is 1.59. The molecule has 0 aliphatic heterocycles. The Morgan fingerprint density at radius 1 is 0.689 bits per heavy atom. The quantitative estimate of drug-likeness (QED) is 0.0335. The van der Waals surface area contributed by atoms with E-state index in [-0.39, 0.29) is 29.4 Å². The van der Waals surface area contributed by atoms with Crippen LogP contribution in [0.4, 0.5) is 11.4 Å². The summed E-state index contributed by atoms with van der Waals surface area (Å²) in [5.41, 5.74) is 3.43. The van der Waals surface area contributed by atoms with Crippen molar-refractivity contribution >= 4 is 84.3 Å². The van der Waals surface area contributed by atoms with Gasteiger partial charge >= 0.3 is 17.9 Å².